The second kappa shape index (κ2) is 4.63. The molecule has 1 atom stereocenters. The Morgan fingerprint density at radius 1 is 1.53 bits per heavy atom. The van der Waals surface area contributed by atoms with Crippen LogP contribution in [0.25, 0.3) is 0 Å². The highest BCUT2D eigenvalue weighted by molar-refractivity contribution is 8.11. The van der Waals surface area contributed by atoms with Gasteiger partial charge in [0.1, 0.15) is 4.58 Å². The summed E-state index contributed by atoms with van der Waals surface area (Å²) in [7, 11) is -2.36. The predicted octanol–water partition coefficient (Wildman–Crippen LogP) is 0.718. The van der Waals surface area contributed by atoms with Crippen LogP contribution in [0.3, 0.4) is 0 Å². The molecule has 1 N–H and O–H groups in total. The molecule has 0 saturated carbocycles. The molecule has 0 spiro atoms. The third-order valence-corrected chi connectivity index (χ3v) is 4.90. The number of hydrogen-bond donors (Lipinski definition) is 3. The van der Waals surface area contributed by atoms with Crippen molar-refractivity contribution < 1.29 is 8.42 Å². The van der Waals surface area contributed by atoms with Gasteiger partial charge < -0.3 is 5.32 Å². The molecule has 2 aliphatic heterocycles. The lowest BCUT2D eigenvalue weighted by molar-refractivity contribution is 0.612. The fourth-order valence-corrected chi connectivity index (χ4v) is 3.43. The molecular weight excluding hydrogens is 252 g/mol. The van der Waals surface area contributed by atoms with Crippen LogP contribution < -0.4 is 5.32 Å². The molecule has 0 aromatic carbocycles. The maximum Gasteiger partial charge on any atom is 0.158 e. The SMILES string of the molecule is O=[SH](=O)C1CC=C(C2=CCNC(S)=N2)S1. The van der Waals surface area contributed by atoms with Crippen molar-refractivity contribution >= 4 is 40.3 Å². The van der Waals surface area contributed by atoms with Crippen LogP contribution in [0.5, 0.6) is 0 Å². The molecule has 0 fully saturated rings. The number of hydrogen-bond acceptors (Lipinski definition) is 5. The van der Waals surface area contributed by atoms with Crippen LogP contribution in [0.1, 0.15) is 6.42 Å². The number of nitrogens with zero attached hydrogens (tertiary/aromatic N) is 1. The van der Waals surface area contributed by atoms with Crippen LogP contribution >= 0.6 is 24.4 Å². The number of amidine groups is 1. The van der Waals surface area contributed by atoms with E-state index in [0.29, 0.717) is 18.1 Å². The lowest BCUT2D eigenvalue weighted by Crippen LogP contribution is -2.22. The van der Waals surface area contributed by atoms with E-state index in [4.69, 9.17) is 0 Å². The van der Waals surface area contributed by atoms with Gasteiger partial charge >= 0.3 is 0 Å². The minimum atomic E-state index is -2.36. The summed E-state index contributed by atoms with van der Waals surface area (Å²) in [6.07, 6.45) is 4.42. The van der Waals surface area contributed by atoms with Gasteiger partial charge in [-0.15, -0.1) is 24.4 Å². The summed E-state index contributed by atoms with van der Waals surface area (Å²) >= 11 is 5.47. The minimum absolute atomic E-state index is 0.329. The summed E-state index contributed by atoms with van der Waals surface area (Å²) in [4.78, 5) is 5.14. The number of allylic oxidation sites excluding steroid dienone is 1. The summed E-state index contributed by atoms with van der Waals surface area (Å²) < 4.78 is 21.3. The Labute approximate surface area is 99.3 Å². The van der Waals surface area contributed by atoms with E-state index < -0.39 is 10.7 Å². The number of aliphatic imine (C=N–C) groups is 1. The van der Waals surface area contributed by atoms with E-state index in [1.54, 1.807) is 0 Å². The second-order valence-electron chi connectivity index (χ2n) is 3.07. The van der Waals surface area contributed by atoms with Crippen molar-refractivity contribution in [3.63, 3.8) is 0 Å². The summed E-state index contributed by atoms with van der Waals surface area (Å²) in [5.74, 6) is 0. The Balaban J connectivity index is 2.11. The van der Waals surface area contributed by atoms with Gasteiger partial charge in [-0.05, 0) is 12.5 Å². The monoisotopic (exact) mass is 262 g/mol. The first-order valence-corrected chi connectivity index (χ1v) is 6.96. The normalized spacial score (nSPS) is 25.7. The van der Waals surface area contributed by atoms with Gasteiger partial charge in [-0.3, -0.25) is 0 Å². The molecule has 0 amide bonds. The molecule has 82 valence electrons. The number of thioether (sulfide) groups is 1. The lowest BCUT2D eigenvalue weighted by Gasteiger charge is -2.11. The summed E-state index contributed by atoms with van der Waals surface area (Å²) in [5.41, 5.74) is 0.822. The average Bonchev–Trinajstić information content (AvgIpc) is 2.66. The van der Waals surface area contributed by atoms with Crippen molar-refractivity contribution in [1.29, 1.82) is 0 Å². The molecule has 0 aromatic heterocycles. The molecule has 0 aromatic rings. The van der Waals surface area contributed by atoms with E-state index in [0.717, 1.165) is 10.6 Å². The highest BCUT2D eigenvalue weighted by Gasteiger charge is 2.23. The Kier molecular flexibility index (Phi) is 3.42. The number of nitrogens with one attached hydrogen (secondary N) is 1. The van der Waals surface area contributed by atoms with Crippen molar-refractivity contribution in [3.05, 3.63) is 22.8 Å². The Bertz CT molecular complexity index is 429. The van der Waals surface area contributed by atoms with Gasteiger partial charge in [-0.2, -0.15) is 0 Å². The van der Waals surface area contributed by atoms with Gasteiger partial charge in [-0.1, -0.05) is 6.08 Å². The van der Waals surface area contributed by atoms with Crippen LogP contribution in [0.2, 0.25) is 0 Å². The van der Waals surface area contributed by atoms with E-state index in [1.807, 2.05) is 12.2 Å². The third kappa shape index (κ3) is 2.59. The molecule has 15 heavy (non-hydrogen) atoms. The first kappa shape index (κ1) is 11.1. The molecule has 2 heterocycles. The zero-order valence-electron chi connectivity index (χ0n) is 7.71. The topological polar surface area (TPSA) is 58.5 Å². The molecule has 7 heteroatoms. The zero-order chi connectivity index (χ0) is 10.8. The lowest BCUT2D eigenvalue weighted by atomic mass is 10.3. The van der Waals surface area contributed by atoms with Crippen LogP contribution in [0, 0.1) is 0 Å². The Morgan fingerprint density at radius 2 is 2.33 bits per heavy atom. The quantitative estimate of drug-likeness (QED) is 0.642. The van der Waals surface area contributed by atoms with Gasteiger partial charge in [0.05, 0.1) is 5.70 Å². The van der Waals surface area contributed by atoms with E-state index in [2.05, 4.69) is 22.9 Å². The maximum absolute atomic E-state index is 10.8. The number of rotatable bonds is 2. The van der Waals surface area contributed by atoms with Gasteiger partial charge in [0.15, 0.2) is 15.9 Å². The molecule has 0 bridgehead atoms. The highest BCUT2D eigenvalue weighted by atomic mass is 32.2. The molecule has 2 aliphatic rings. The average molecular weight is 262 g/mol. The fourth-order valence-electron chi connectivity index (χ4n) is 1.34. The Morgan fingerprint density at radius 3 is 2.93 bits per heavy atom. The van der Waals surface area contributed by atoms with E-state index >= 15 is 0 Å². The van der Waals surface area contributed by atoms with Crippen molar-refractivity contribution in [2.45, 2.75) is 11.0 Å². The van der Waals surface area contributed by atoms with E-state index in [1.165, 1.54) is 11.8 Å². The number of thiol groups is 2. The Hall–Kier alpha value is -0.400. The predicted molar refractivity (Wildman–Crippen MR) is 66.9 cm³/mol. The largest absolute Gasteiger partial charge is 0.361 e. The summed E-state index contributed by atoms with van der Waals surface area (Å²) in [5, 5.41) is 3.52. The van der Waals surface area contributed by atoms with Crippen molar-refractivity contribution in [2.24, 2.45) is 4.99 Å². The summed E-state index contributed by atoms with van der Waals surface area (Å²) in [6.45, 7) is 0.684. The second-order valence-corrected chi connectivity index (χ2v) is 6.28. The molecule has 0 aliphatic carbocycles. The molecule has 0 saturated heterocycles. The van der Waals surface area contributed by atoms with Crippen LogP contribution in [-0.4, -0.2) is 24.7 Å². The summed E-state index contributed by atoms with van der Waals surface area (Å²) in [6, 6.07) is 0. The van der Waals surface area contributed by atoms with E-state index in [9.17, 15) is 8.42 Å². The molecule has 1 unspecified atom stereocenters. The van der Waals surface area contributed by atoms with Crippen molar-refractivity contribution in [3.8, 4) is 0 Å². The maximum atomic E-state index is 10.8. The van der Waals surface area contributed by atoms with Crippen molar-refractivity contribution in [1.82, 2.24) is 5.32 Å². The standard InChI is InChI=1S/C8H10N2O2S3/c11-15(12)7-2-1-6(14-7)5-3-4-9-8(13)10-5/h1,3,7,15H,2,4H2,(H2,9,10,13). The first-order chi connectivity index (χ1) is 7.16. The molecule has 0 radical (unpaired) electrons. The van der Waals surface area contributed by atoms with Gasteiger partial charge in [-0.25, -0.2) is 13.4 Å². The molecule has 2 rings (SSSR count). The zero-order valence-corrected chi connectivity index (χ0v) is 10.3. The third-order valence-electron chi connectivity index (χ3n) is 2.04. The van der Waals surface area contributed by atoms with Crippen LogP contribution in [0.4, 0.5) is 0 Å². The van der Waals surface area contributed by atoms with Crippen LogP contribution in [-0.2, 0) is 10.7 Å². The fraction of sp³-hybridized carbons (Fsp3) is 0.375. The van der Waals surface area contributed by atoms with Gasteiger partial charge in [0, 0.05) is 11.4 Å². The minimum Gasteiger partial charge on any atom is -0.361 e. The van der Waals surface area contributed by atoms with E-state index in [-0.39, 0.29) is 4.58 Å². The van der Waals surface area contributed by atoms with Gasteiger partial charge in [0.25, 0.3) is 0 Å². The molecular formula is C8H10N2O2S3. The first-order valence-electron chi connectivity index (χ1n) is 4.39. The van der Waals surface area contributed by atoms with Gasteiger partial charge in [0.2, 0.25) is 0 Å². The highest BCUT2D eigenvalue weighted by Crippen LogP contribution is 2.38. The smallest absolute Gasteiger partial charge is 0.158 e. The van der Waals surface area contributed by atoms with Crippen molar-refractivity contribution in [2.75, 3.05) is 6.54 Å². The molecule has 4 nitrogen and oxygen atoms in total. The van der Waals surface area contributed by atoms with Crippen LogP contribution in [0.15, 0.2) is 27.7 Å².